The van der Waals surface area contributed by atoms with Gasteiger partial charge in [-0.2, -0.15) is 0 Å². The number of furan rings is 1. The van der Waals surface area contributed by atoms with Crippen LogP contribution in [0.2, 0.25) is 0 Å². The molecule has 2 aromatic rings. The van der Waals surface area contributed by atoms with Crippen LogP contribution in [0.3, 0.4) is 0 Å². The van der Waals surface area contributed by atoms with E-state index in [1.807, 2.05) is 13.8 Å². The smallest absolute Gasteiger partial charge is 0.328 e. The Hall–Kier alpha value is -2.29. The summed E-state index contributed by atoms with van der Waals surface area (Å²) in [6.45, 7) is 3.82. The summed E-state index contributed by atoms with van der Waals surface area (Å²) in [6.07, 6.45) is 2.24. The van der Waals surface area contributed by atoms with Gasteiger partial charge >= 0.3 is 5.97 Å². The first-order chi connectivity index (χ1) is 11.5. The van der Waals surface area contributed by atoms with E-state index in [0.29, 0.717) is 5.76 Å². The topological polar surface area (TPSA) is 107 Å². The fraction of sp³-hybridized carbons (Fsp3) is 0.467. The third-order valence-electron chi connectivity index (χ3n) is 3.45. The van der Waals surface area contributed by atoms with Crippen molar-refractivity contribution in [2.75, 3.05) is 12.9 Å². The molecule has 0 aliphatic carbocycles. The first-order valence-corrected chi connectivity index (χ1v) is 8.41. The van der Waals surface area contributed by atoms with Crippen LogP contribution in [0.1, 0.15) is 20.3 Å². The Morgan fingerprint density at radius 3 is 2.83 bits per heavy atom. The number of ether oxygens (including phenoxy) is 1. The average Bonchev–Trinajstić information content (AvgIpc) is 3.27. The molecule has 1 N–H and O–H groups in total. The molecular weight excluding hydrogens is 334 g/mol. The van der Waals surface area contributed by atoms with Crippen molar-refractivity contribution in [3.8, 4) is 11.7 Å². The van der Waals surface area contributed by atoms with Crippen molar-refractivity contribution in [3.63, 3.8) is 0 Å². The summed E-state index contributed by atoms with van der Waals surface area (Å²) in [7, 11) is 1.30. The van der Waals surface area contributed by atoms with Gasteiger partial charge in [-0.15, -0.1) is 10.2 Å². The molecule has 1 amide bonds. The molecule has 0 aliphatic heterocycles. The number of thioether (sulfide) groups is 1. The highest BCUT2D eigenvalue weighted by molar-refractivity contribution is 7.99. The minimum atomic E-state index is -0.672. The molecule has 0 spiro atoms. The number of hydrogen-bond acceptors (Lipinski definition) is 8. The molecule has 0 bridgehead atoms. The van der Waals surface area contributed by atoms with Gasteiger partial charge in [0.2, 0.25) is 5.91 Å². The molecule has 0 saturated heterocycles. The number of methoxy groups -OCH3 is 1. The SMILES string of the molecule is CC[C@H](C)[C@H](NC(=O)CSc1nnc(-c2ccco2)o1)C(=O)OC. The van der Waals surface area contributed by atoms with E-state index in [2.05, 4.69) is 15.5 Å². The molecule has 0 aliphatic rings. The second kappa shape index (κ2) is 8.53. The maximum absolute atomic E-state index is 12.1. The van der Waals surface area contributed by atoms with Gasteiger partial charge in [-0.05, 0) is 18.1 Å². The predicted octanol–water partition coefficient (Wildman–Crippen LogP) is 2.13. The molecule has 130 valence electrons. The number of carbonyl (C=O) groups is 2. The minimum absolute atomic E-state index is 0.0274. The Kier molecular flexibility index (Phi) is 6.42. The molecule has 0 radical (unpaired) electrons. The molecule has 2 aromatic heterocycles. The fourth-order valence-corrected chi connectivity index (χ4v) is 2.48. The van der Waals surface area contributed by atoms with Gasteiger partial charge in [-0.25, -0.2) is 4.79 Å². The van der Waals surface area contributed by atoms with E-state index in [0.717, 1.165) is 18.2 Å². The highest BCUT2D eigenvalue weighted by atomic mass is 32.2. The summed E-state index contributed by atoms with van der Waals surface area (Å²) >= 11 is 1.08. The normalized spacial score (nSPS) is 13.3. The minimum Gasteiger partial charge on any atom is -0.467 e. The summed E-state index contributed by atoms with van der Waals surface area (Å²) in [5, 5.41) is 10.6. The maximum Gasteiger partial charge on any atom is 0.328 e. The van der Waals surface area contributed by atoms with Gasteiger partial charge in [0.25, 0.3) is 11.1 Å². The molecule has 8 nitrogen and oxygen atoms in total. The van der Waals surface area contributed by atoms with E-state index in [1.54, 1.807) is 12.1 Å². The molecule has 0 aromatic carbocycles. The first-order valence-electron chi connectivity index (χ1n) is 7.42. The van der Waals surface area contributed by atoms with Crippen molar-refractivity contribution in [2.45, 2.75) is 31.5 Å². The largest absolute Gasteiger partial charge is 0.467 e. The lowest BCUT2D eigenvalue weighted by Crippen LogP contribution is -2.46. The van der Waals surface area contributed by atoms with Crippen molar-refractivity contribution >= 4 is 23.6 Å². The lowest BCUT2D eigenvalue weighted by atomic mass is 9.99. The average molecular weight is 353 g/mol. The predicted molar refractivity (Wildman–Crippen MR) is 86.1 cm³/mol. The first kappa shape index (κ1) is 18.1. The summed E-state index contributed by atoms with van der Waals surface area (Å²) in [5.74, 6) is -0.0466. The van der Waals surface area contributed by atoms with Crippen molar-refractivity contribution in [3.05, 3.63) is 18.4 Å². The van der Waals surface area contributed by atoms with Crippen LogP contribution < -0.4 is 5.32 Å². The third-order valence-corrected chi connectivity index (χ3v) is 4.27. The van der Waals surface area contributed by atoms with E-state index in [4.69, 9.17) is 13.6 Å². The molecule has 2 atom stereocenters. The third kappa shape index (κ3) is 4.60. The van der Waals surface area contributed by atoms with E-state index in [-0.39, 0.29) is 28.7 Å². The second-order valence-electron chi connectivity index (χ2n) is 5.09. The summed E-state index contributed by atoms with van der Waals surface area (Å²) in [4.78, 5) is 23.8. The molecule has 0 unspecified atom stereocenters. The van der Waals surface area contributed by atoms with Crippen LogP contribution in [0.25, 0.3) is 11.7 Å². The van der Waals surface area contributed by atoms with Gasteiger partial charge in [0, 0.05) is 0 Å². The lowest BCUT2D eigenvalue weighted by molar-refractivity contribution is -0.146. The molecule has 0 fully saturated rings. The second-order valence-corrected chi connectivity index (χ2v) is 6.02. The Labute approximate surface area is 143 Å². The Morgan fingerprint density at radius 1 is 1.42 bits per heavy atom. The molecule has 0 saturated carbocycles. The van der Waals surface area contributed by atoms with Gasteiger partial charge in [0.05, 0.1) is 19.1 Å². The number of rotatable bonds is 8. The van der Waals surface area contributed by atoms with Crippen LogP contribution in [0.5, 0.6) is 0 Å². The quantitative estimate of drug-likeness (QED) is 0.568. The Balaban J connectivity index is 1.89. The van der Waals surface area contributed by atoms with E-state index < -0.39 is 12.0 Å². The van der Waals surface area contributed by atoms with Crippen LogP contribution in [-0.4, -0.2) is 41.0 Å². The number of carbonyl (C=O) groups excluding carboxylic acids is 2. The van der Waals surface area contributed by atoms with E-state index in [1.165, 1.54) is 13.4 Å². The number of nitrogens with zero attached hydrogens (tertiary/aromatic N) is 2. The zero-order valence-electron chi connectivity index (χ0n) is 13.6. The zero-order chi connectivity index (χ0) is 17.5. The summed E-state index contributed by atoms with van der Waals surface area (Å²) < 4.78 is 15.3. The summed E-state index contributed by atoms with van der Waals surface area (Å²) in [6, 6.07) is 2.73. The van der Waals surface area contributed by atoms with Crippen LogP contribution in [-0.2, 0) is 14.3 Å². The van der Waals surface area contributed by atoms with Gasteiger partial charge in [-0.1, -0.05) is 32.0 Å². The monoisotopic (exact) mass is 353 g/mol. The lowest BCUT2D eigenvalue weighted by Gasteiger charge is -2.21. The van der Waals surface area contributed by atoms with Gasteiger partial charge < -0.3 is 18.9 Å². The molecule has 24 heavy (non-hydrogen) atoms. The van der Waals surface area contributed by atoms with Crippen LogP contribution >= 0.6 is 11.8 Å². The fourth-order valence-electron chi connectivity index (χ4n) is 1.91. The van der Waals surface area contributed by atoms with Gasteiger partial charge in [0.15, 0.2) is 5.76 Å². The number of esters is 1. The number of aromatic nitrogens is 2. The highest BCUT2D eigenvalue weighted by Gasteiger charge is 2.26. The van der Waals surface area contributed by atoms with Gasteiger partial charge in [-0.3, -0.25) is 4.79 Å². The Morgan fingerprint density at radius 2 is 2.21 bits per heavy atom. The molecule has 9 heteroatoms. The zero-order valence-corrected chi connectivity index (χ0v) is 14.5. The van der Waals surface area contributed by atoms with Crippen molar-refractivity contribution in [1.29, 1.82) is 0 Å². The summed E-state index contributed by atoms with van der Waals surface area (Å²) in [5.41, 5.74) is 0. The van der Waals surface area contributed by atoms with Crippen LogP contribution in [0.4, 0.5) is 0 Å². The maximum atomic E-state index is 12.1. The number of hydrogen-bond donors (Lipinski definition) is 1. The van der Waals surface area contributed by atoms with Crippen LogP contribution in [0.15, 0.2) is 32.5 Å². The van der Waals surface area contributed by atoms with Gasteiger partial charge in [0.1, 0.15) is 6.04 Å². The van der Waals surface area contributed by atoms with Crippen molar-refractivity contribution < 1.29 is 23.2 Å². The standard InChI is InChI=1S/C15H19N3O5S/c1-4-9(2)12(14(20)21-3)16-11(19)8-24-15-18-17-13(23-15)10-6-5-7-22-10/h5-7,9,12H,4,8H2,1-3H3,(H,16,19)/t9-,12-/m0/s1. The molecule has 2 heterocycles. The van der Waals surface area contributed by atoms with Crippen molar-refractivity contribution in [1.82, 2.24) is 15.5 Å². The number of nitrogens with one attached hydrogen (secondary N) is 1. The van der Waals surface area contributed by atoms with E-state index >= 15 is 0 Å². The number of amides is 1. The Bertz CT molecular complexity index is 670. The molecule has 2 rings (SSSR count). The van der Waals surface area contributed by atoms with E-state index in [9.17, 15) is 9.59 Å². The molecular formula is C15H19N3O5S. The highest BCUT2D eigenvalue weighted by Crippen LogP contribution is 2.23. The van der Waals surface area contributed by atoms with Crippen LogP contribution in [0, 0.1) is 5.92 Å². The van der Waals surface area contributed by atoms with Crippen molar-refractivity contribution in [2.24, 2.45) is 5.92 Å².